The topological polar surface area (TPSA) is 84.8 Å². The molecule has 1 N–H and O–H groups in total. The average Bonchev–Trinajstić information content (AvgIpc) is 3.18. The van der Waals surface area contributed by atoms with Crippen molar-refractivity contribution in [3.63, 3.8) is 0 Å². The standard InChI is InChI=1S/C26H21N5O2/c32-31(33)22-15-13-21(14-16-22)29-28-20-11-9-19(10-12-20)27-17-18-30-25-7-3-1-5-23(25)24-6-2-4-8-26(24)30/h1-16,27H,17-18H2. The molecule has 5 rings (SSSR count). The van der Waals surface area contributed by atoms with Crippen LogP contribution in [-0.2, 0) is 6.54 Å². The number of hydrogen-bond acceptors (Lipinski definition) is 5. The smallest absolute Gasteiger partial charge is 0.269 e. The molecular formula is C26H21N5O2. The maximum absolute atomic E-state index is 10.7. The predicted molar refractivity (Wildman–Crippen MR) is 132 cm³/mol. The van der Waals surface area contributed by atoms with Crippen molar-refractivity contribution in [1.29, 1.82) is 0 Å². The molecule has 0 amide bonds. The maximum Gasteiger partial charge on any atom is 0.269 e. The van der Waals surface area contributed by atoms with Gasteiger partial charge in [0.15, 0.2) is 0 Å². The third kappa shape index (κ3) is 4.29. The molecule has 0 unspecified atom stereocenters. The predicted octanol–water partition coefficient (Wildman–Crippen LogP) is 7.23. The normalized spacial score (nSPS) is 11.4. The minimum Gasteiger partial charge on any atom is -0.383 e. The van der Waals surface area contributed by atoms with Gasteiger partial charge in [-0.25, -0.2) is 0 Å². The van der Waals surface area contributed by atoms with Gasteiger partial charge in [0.25, 0.3) is 5.69 Å². The van der Waals surface area contributed by atoms with Gasteiger partial charge in [-0.1, -0.05) is 36.4 Å². The van der Waals surface area contributed by atoms with Crippen LogP contribution < -0.4 is 5.32 Å². The zero-order valence-corrected chi connectivity index (χ0v) is 17.8. The average molecular weight is 435 g/mol. The van der Waals surface area contributed by atoms with Crippen molar-refractivity contribution in [2.75, 3.05) is 11.9 Å². The first-order chi connectivity index (χ1) is 16.2. The molecule has 0 atom stereocenters. The van der Waals surface area contributed by atoms with E-state index in [0.29, 0.717) is 11.4 Å². The Kier molecular flexibility index (Phi) is 5.51. The highest BCUT2D eigenvalue weighted by Gasteiger charge is 2.09. The number of aromatic nitrogens is 1. The number of nitro benzene ring substituents is 1. The van der Waals surface area contributed by atoms with Gasteiger partial charge >= 0.3 is 0 Å². The second-order valence-corrected chi connectivity index (χ2v) is 7.63. The first kappa shape index (κ1) is 20.4. The monoisotopic (exact) mass is 435 g/mol. The molecule has 0 spiro atoms. The van der Waals surface area contributed by atoms with Gasteiger partial charge in [-0.15, -0.1) is 0 Å². The van der Waals surface area contributed by atoms with Gasteiger partial charge < -0.3 is 9.88 Å². The van der Waals surface area contributed by atoms with Crippen molar-refractivity contribution in [2.24, 2.45) is 10.2 Å². The Morgan fingerprint density at radius 2 is 1.24 bits per heavy atom. The number of anilines is 1. The second kappa shape index (κ2) is 8.92. The Bertz CT molecular complexity index is 1400. The number of azo groups is 1. The molecule has 0 saturated carbocycles. The fraction of sp³-hybridized carbons (Fsp3) is 0.0769. The molecule has 5 aromatic rings. The Balaban J connectivity index is 1.24. The van der Waals surface area contributed by atoms with Crippen LogP contribution in [0.15, 0.2) is 107 Å². The summed E-state index contributed by atoms with van der Waals surface area (Å²) < 4.78 is 2.35. The van der Waals surface area contributed by atoms with Crippen LogP contribution >= 0.6 is 0 Å². The summed E-state index contributed by atoms with van der Waals surface area (Å²) in [7, 11) is 0. The lowest BCUT2D eigenvalue weighted by molar-refractivity contribution is -0.384. The third-order valence-electron chi connectivity index (χ3n) is 5.55. The van der Waals surface area contributed by atoms with Crippen molar-refractivity contribution in [3.05, 3.63) is 107 Å². The summed E-state index contributed by atoms with van der Waals surface area (Å²) in [6.07, 6.45) is 0. The van der Waals surface area contributed by atoms with Gasteiger partial charge in [-0.05, 0) is 48.5 Å². The molecule has 1 heterocycles. The van der Waals surface area contributed by atoms with E-state index >= 15 is 0 Å². The second-order valence-electron chi connectivity index (χ2n) is 7.63. The van der Waals surface area contributed by atoms with Crippen molar-refractivity contribution < 1.29 is 4.92 Å². The molecule has 4 aromatic carbocycles. The van der Waals surface area contributed by atoms with Crippen LogP contribution in [0.4, 0.5) is 22.7 Å². The largest absolute Gasteiger partial charge is 0.383 e. The number of nitrogens with one attached hydrogen (secondary N) is 1. The van der Waals surface area contributed by atoms with Crippen molar-refractivity contribution >= 4 is 44.6 Å². The molecular weight excluding hydrogens is 414 g/mol. The molecule has 162 valence electrons. The van der Waals surface area contributed by atoms with Crippen LogP contribution in [0, 0.1) is 10.1 Å². The van der Waals surface area contributed by atoms with E-state index in [1.807, 2.05) is 24.3 Å². The van der Waals surface area contributed by atoms with Crippen LogP contribution in [0.25, 0.3) is 21.8 Å². The van der Waals surface area contributed by atoms with Crippen LogP contribution in [0.3, 0.4) is 0 Å². The van der Waals surface area contributed by atoms with Gasteiger partial charge in [-0.2, -0.15) is 10.2 Å². The summed E-state index contributed by atoms with van der Waals surface area (Å²) in [5.41, 5.74) is 4.79. The quantitative estimate of drug-likeness (QED) is 0.166. The summed E-state index contributed by atoms with van der Waals surface area (Å²) in [5.74, 6) is 0. The zero-order chi connectivity index (χ0) is 22.6. The van der Waals surface area contributed by atoms with E-state index in [1.54, 1.807) is 12.1 Å². The lowest BCUT2D eigenvalue weighted by Gasteiger charge is -2.10. The molecule has 0 aliphatic heterocycles. The van der Waals surface area contributed by atoms with E-state index in [1.165, 1.54) is 33.9 Å². The summed E-state index contributed by atoms with van der Waals surface area (Å²) in [4.78, 5) is 10.3. The molecule has 0 bridgehead atoms. The van der Waals surface area contributed by atoms with Gasteiger partial charge in [0.05, 0.1) is 16.3 Å². The Labute approximate surface area is 190 Å². The highest BCUT2D eigenvalue weighted by molar-refractivity contribution is 6.07. The molecule has 0 radical (unpaired) electrons. The number of fused-ring (bicyclic) bond motifs is 3. The number of para-hydroxylation sites is 2. The number of rotatable bonds is 7. The van der Waals surface area contributed by atoms with Gasteiger partial charge in [0.1, 0.15) is 0 Å². The number of nitro groups is 1. The number of non-ortho nitro benzene ring substituents is 1. The molecule has 7 nitrogen and oxygen atoms in total. The molecule has 33 heavy (non-hydrogen) atoms. The summed E-state index contributed by atoms with van der Waals surface area (Å²) in [6.45, 7) is 1.63. The maximum atomic E-state index is 10.7. The summed E-state index contributed by atoms with van der Waals surface area (Å²) >= 11 is 0. The fourth-order valence-electron chi connectivity index (χ4n) is 3.96. The molecule has 0 aliphatic carbocycles. The molecule has 0 fully saturated rings. The summed E-state index contributed by atoms with van der Waals surface area (Å²) in [5, 5.41) is 25.1. The van der Waals surface area contributed by atoms with E-state index < -0.39 is 4.92 Å². The number of benzene rings is 4. The number of hydrogen-bond donors (Lipinski definition) is 1. The zero-order valence-electron chi connectivity index (χ0n) is 17.8. The lowest BCUT2D eigenvalue weighted by Crippen LogP contribution is -2.10. The Morgan fingerprint density at radius 3 is 1.79 bits per heavy atom. The van der Waals surface area contributed by atoms with Crippen LogP contribution in [0.1, 0.15) is 0 Å². The van der Waals surface area contributed by atoms with Crippen molar-refractivity contribution in [2.45, 2.75) is 6.54 Å². The summed E-state index contributed by atoms with van der Waals surface area (Å²) in [6, 6.07) is 30.7. The van der Waals surface area contributed by atoms with Gasteiger partial charge in [0, 0.05) is 52.7 Å². The van der Waals surface area contributed by atoms with E-state index in [9.17, 15) is 10.1 Å². The van der Waals surface area contributed by atoms with E-state index in [4.69, 9.17) is 0 Å². The van der Waals surface area contributed by atoms with E-state index in [2.05, 4.69) is 68.6 Å². The highest BCUT2D eigenvalue weighted by Crippen LogP contribution is 2.28. The van der Waals surface area contributed by atoms with Gasteiger partial charge in [-0.3, -0.25) is 10.1 Å². The van der Waals surface area contributed by atoms with Crippen LogP contribution in [0.2, 0.25) is 0 Å². The van der Waals surface area contributed by atoms with E-state index in [-0.39, 0.29) is 5.69 Å². The minimum atomic E-state index is -0.437. The van der Waals surface area contributed by atoms with Gasteiger partial charge in [0.2, 0.25) is 0 Å². The Hall–Kier alpha value is -4.52. The van der Waals surface area contributed by atoms with E-state index in [0.717, 1.165) is 18.8 Å². The third-order valence-corrected chi connectivity index (χ3v) is 5.55. The fourth-order valence-corrected chi connectivity index (χ4v) is 3.96. The first-order valence-corrected chi connectivity index (χ1v) is 10.7. The lowest BCUT2D eigenvalue weighted by atomic mass is 10.2. The highest BCUT2D eigenvalue weighted by atomic mass is 16.6. The molecule has 0 saturated heterocycles. The first-order valence-electron chi connectivity index (χ1n) is 10.7. The SMILES string of the molecule is O=[N+]([O-])c1ccc(N=Nc2ccc(NCCn3c4ccccc4c4ccccc43)cc2)cc1. The van der Waals surface area contributed by atoms with Crippen LogP contribution in [0.5, 0.6) is 0 Å². The van der Waals surface area contributed by atoms with Crippen molar-refractivity contribution in [1.82, 2.24) is 4.57 Å². The number of nitrogens with zero attached hydrogens (tertiary/aromatic N) is 4. The Morgan fingerprint density at radius 1 is 0.727 bits per heavy atom. The minimum absolute atomic E-state index is 0.0327. The van der Waals surface area contributed by atoms with Crippen LogP contribution in [-0.4, -0.2) is 16.0 Å². The van der Waals surface area contributed by atoms with Crippen molar-refractivity contribution in [3.8, 4) is 0 Å². The molecule has 0 aliphatic rings. The molecule has 7 heteroatoms. The molecule has 1 aromatic heterocycles.